The van der Waals surface area contributed by atoms with Crippen LogP contribution in [0.1, 0.15) is 48.3 Å². The number of rotatable bonds is 16. The van der Waals surface area contributed by atoms with Gasteiger partial charge in [0.1, 0.15) is 12.6 Å². The predicted octanol–water partition coefficient (Wildman–Crippen LogP) is 4.36. The smallest absolute Gasteiger partial charge is 0.407 e. The minimum atomic E-state index is -1.07. The molecule has 12 heteroatoms. The second kappa shape index (κ2) is 19.0. The van der Waals surface area contributed by atoms with E-state index < -0.39 is 36.4 Å². The van der Waals surface area contributed by atoms with E-state index >= 15 is 0 Å². The number of carbonyl (C=O) groups is 3. The highest BCUT2D eigenvalue weighted by atomic mass is 16.5. The summed E-state index contributed by atoms with van der Waals surface area (Å²) >= 11 is 0. The Morgan fingerprint density at radius 3 is 2.10 bits per heavy atom. The molecule has 4 atom stereocenters. The lowest BCUT2D eigenvalue weighted by Crippen LogP contribution is -2.55. The highest BCUT2D eigenvalue weighted by Crippen LogP contribution is 2.16. The molecule has 0 radical (unpaired) electrons. The van der Waals surface area contributed by atoms with E-state index in [1.807, 2.05) is 81.4 Å². The molecule has 0 spiro atoms. The average Bonchev–Trinajstić information content (AvgIpc) is 3.10. The Morgan fingerprint density at radius 2 is 1.48 bits per heavy atom. The Hall–Kier alpha value is -5.36. The highest BCUT2D eigenvalue weighted by Gasteiger charge is 2.31. The summed E-state index contributed by atoms with van der Waals surface area (Å²) < 4.78 is 5.45. The Labute approximate surface area is 293 Å². The number of urea groups is 1. The highest BCUT2D eigenvalue weighted by molar-refractivity contribution is 5.87. The maximum Gasteiger partial charge on any atom is 0.407 e. The second-order valence-electron chi connectivity index (χ2n) is 12.8. The lowest BCUT2D eigenvalue weighted by Gasteiger charge is -2.30. The van der Waals surface area contributed by atoms with E-state index in [9.17, 15) is 19.5 Å². The number of nitrogens with zero attached hydrogens (tertiary/aromatic N) is 4. The standard InChI is InChI=1S/C38H47N7O5/c1-26(2)35(44-37(48)45(4)24-32-23-40-21-27(3)41-32)36(47)42-31(18-28-12-7-5-8-13-28)20-34(46)33(19-29-14-9-6-10-15-29)43-38(49)50-25-30-16-11-17-39-22-30/h5-17,21-23,26,31,33-35,46H,18-20,24-25H2,1-4H3,(H,42,47)(H,43,49)(H,44,48)/t31-,33-,34-,35?/m0/s1. The molecule has 0 bridgehead atoms. The van der Waals surface area contributed by atoms with Crippen LogP contribution < -0.4 is 16.0 Å². The molecular weight excluding hydrogens is 634 g/mol. The number of benzene rings is 2. The van der Waals surface area contributed by atoms with Crippen LogP contribution in [0.5, 0.6) is 0 Å². The van der Waals surface area contributed by atoms with Crippen molar-refractivity contribution in [2.24, 2.45) is 5.92 Å². The summed E-state index contributed by atoms with van der Waals surface area (Å²) in [6, 6.07) is 20.2. The molecule has 12 nitrogen and oxygen atoms in total. The van der Waals surface area contributed by atoms with Crippen molar-refractivity contribution in [3.63, 3.8) is 0 Å². The van der Waals surface area contributed by atoms with Crippen LogP contribution in [0.15, 0.2) is 97.6 Å². The molecule has 50 heavy (non-hydrogen) atoms. The van der Waals surface area contributed by atoms with Crippen molar-refractivity contribution in [1.29, 1.82) is 0 Å². The van der Waals surface area contributed by atoms with Gasteiger partial charge in [-0.1, -0.05) is 80.6 Å². The van der Waals surface area contributed by atoms with Gasteiger partial charge in [-0.25, -0.2) is 9.59 Å². The van der Waals surface area contributed by atoms with E-state index in [1.54, 1.807) is 44.0 Å². The first-order chi connectivity index (χ1) is 24.1. The summed E-state index contributed by atoms with van der Waals surface area (Å²) in [5.74, 6) is -0.621. The molecule has 1 unspecified atom stereocenters. The zero-order valence-corrected chi connectivity index (χ0v) is 29.0. The van der Waals surface area contributed by atoms with Gasteiger partial charge in [-0.3, -0.25) is 19.7 Å². The topological polar surface area (TPSA) is 159 Å². The second-order valence-corrected chi connectivity index (χ2v) is 12.8. The molecular formula is C38H47N7O5. The third kappa shape index (κ3) is 12.3. The van der Waals surface area contributed by atoms with E-state index in [0.29, 0.717) is 18.5 Å². The fourth-order valence-electron chi connectivity index (χ4n) is 5.50. The molecule has 264 valence electrons. The number of nitrogens with one attached hydrogen (secondary N) is 3. The van der Waals surface area contributed by atoms with Crippen LogP contribution in [0.25, 0.3) is 0 Å². The van der Waals surface area contributed by atoms with Gasteiger partial charge in [0.15, 0.2) is 0 Å². The number of hydrogen-bond donors (Lipinski definition) is 4. The van der Waals surface area contributed by atoms with Gasteiger partial charge in [0.2, 0.25) is 5.91 Å². The monoisotopic (exact) mass is 681 g/mol. The fraction of sp³-hybridized carbons (Fsp3) is 0.368. The third-order valence-corrected chi connectivity index (χ3v) is 8.14. The van der Waals surface area contributed by atoms with Crippen molar-refractivity contribution in [2.45, 2.75) is 77.4 Å². The van der Waals surface area contributed by atoms with Crippen LogP contribution in [0, 0.1) is 12.8 Å². The average molecular weight is 682 g/mol. The number of alkyl carbamates (subject to hydrolysis) is 1. The number of aromatic nitrogens is 3. The third-order valence-electron chi connectivity index (χ3n) is 8.14. The summed E-state index contributed by atoms with van der Waals surface area (Å²) in [5, 5.41) is 20.5. The van der Waals surface area contributed by atoms with E-state index in [1.165, 1.54) is 4.90 Å². The molecule has 2 aromatic carbocycles. The molecule has 2 heterocycles. The summed E-state index contributed by atoms with van der Waals surface area (Å²) in [6.07, 6.45) is 5.61. The van der Waals surface area contributed by atoms with Crippen molar-refractivity contribution in [3.05, 3.63) is 126 Å². The maximum absolute atomic E-state index is 13.8. The zero-order chi connectivity index (χ0) is 35.9. The van der Waals surface area contributed by atoms with Crippen molar-refractivity contribution in [3.8, 4) is 0 Å². The fourth-order valence-corrected chi connectivity index (χ4v) is 5.50. The Bertz CT molecular complexity index is 1640. The molecule has 0 aliphatic carbocycles. The largest absolute Gasteiger partial charge is 0.445 e. The van der Waals surface area contributed by atoms with E-state index in [0.717, 1.165) is 22.4 Å². The number of pyridine rings is 1. The van der Waals surface area contributed by atoms with Crippen molar-refractivity contribution in [1.82, 2.24) is 35.8 Å². The number of aliphatic hydroxyl groups excluding tert-OH is 1. The van der Waals surface area contributed by atoms with Gasteiger partial charge in [0, 0.05) is 37.2 Å². The minimum Gasteiger partial charge on any atom is -0.445 e. The molecule has 0 fully saturated rings. The van der Waals surface area contributed by atoms with Gasteiger partial charge in [-0.2, -0.15) is 0 Å². The number of ether oxygens (including phenoxy) is 1. The van der Waals surface area contributed by atoms with Gasteiger partial charge in [-0.05, 0) is 49.3 Å². The summed E-state index contributed by atoms with van der Waals surface area (Å²) in [6.45, 7) is 5.78. The summed E-state index contributed by atoms with van der Waals surface area (Å²) in [7, 11) is 1.63. The SMILES string of the molecule is Cc1cncc(CN(C)C(=O)NC(C(=O)N[C@@H](Cc2ccccc2)C[C@H](O)[C@H](Cc2ccccc2)NC(=O)OCc2cccnc2)C(C)C)n1. The van der Waals surface area contributed by atoms with Gasteiger partial charge in [-0.15, -0.1) is 0 Å². The number of aliphatic hydroxyl groups is 1. The molecule has 4 amide bonds. The molecule has 0 saturated carbocycles. The molecule has 0 saturated heterocycles. The van der Waals surface area contributed by atoms with Gasteiger partial charge >= 0.3 is 12.1 Å². The number of hydrogen-bond acceptors (Lipinski definition) is 8. The Balaban J connectivity index is 1.47. The zero-order valence-electron chi connectivity index (χ0n) is 29.0. The first-order valence-electron chi connectivity index (χ1n) is 16.7. The van der Waals surface area contributed by atoms with Gasteiger partial charge in [0.05, 0.1) is 36.3 Å². The van der Waals surface area contributed by atoms with Gasteiger partial charge < -0.3 is 30.7 Å². The lowest BCUT2D eigenvalue weighted by atomic mass is 9.93. The lowest BCUT2D eigenvalue weighted by molar-refractivity contribution is -0.124. The van der Waals surface area contributed by atoms with Crippen molar-refractivity contribution in [2.75, 3.05) is 7.05 Å². The van der Waals surface area contributed by atoms with E-state index in [2.05, 4.69) is 30.9 Å². The van der Waals surface area contributed by atoms with Crippen LogP contribution in [0.2, 0.25) is 0 Å². The summed E-state index contributed by atoms with van der Waals surface area (Å²) in [5.41, 5.74) is 3.97. The van der Waals surface area contributed by atoms with Crippen molar-refractivity contribution >= 4 is 18.0 Å². The molecule has 2 aromatic heterocycles. The summed E-state index contributed by atoms with van der Waals surface area (Å²) in [4.78, 5) is 54.0. The van der Waals surface area contributed by atoms with Crippen LogP contribution in [0.3, 0.4) is 0 Å². The van der Waals surface area contributed by atoms with Crippen LogP contribution >= 0.6 is 0 Å². The minimum absolute atomic E-state index is 0.0242. The molecule has 0 aliphatic rings. The molecule has 4 N–H and O–H groups in total. The molecule has 4 rings (SSSR count). The van der Waals surface area contributed by atoms with Crippen LogP contribution in [-0.2, 0) is 35.5 Å². The van der Waals surface area contributed by atoms with Crippen molar-refractivity contribution < 1.29 is 24.2 Å². The number of aryl methyl sites for hydroxylation is 1. The Kier molecular flexibility index (Phi) is 14.2. The maximum atomic E-state index is 13.8. The molecule has 0 aliphatic heterocycles. The van der Waals surface area contributed by atoms with Crippen LogP contribution in [-0.4, -0.2) is 74.3 Å². The predicted molar refractivity (Wildman–Crippen MR) is 190 cm³/mol. The van der Waals surface area contributed by atoms with E-state index in [-0.39, 0.29) is 31.4 Å². The van der Waals surface area contributed by atoms with E-state index in [4.69, 9.17) is 4.74 Å². The van der Waals surface area contributed by atoms with Gasteiger partial charge in [0.25, 0.3) is 0 Å². The normalized spacial score (nSPS) is 13.4. The first-order valence-corrected chi connectivity index (χ1v) is 16.7. The molecule has 4 aromatic rings. The quantitative estimate of drug-likeness (QED) is 0.136. The number of amides is 4. The Morgan fingerprint density at radius 1 is 0.820 bits per heavy atom. The first kappa shape index (κ1) is 37.5. The number of carbonyl (C=O) groups excluding carboxylic acids is 3. The van der Waals surface area contributed by atoms with Crippen LogP contribution in [0.4, 0.5) is 9.59 Å².